The van der Waals surface area contributed by atoms with E-state index in [0.29, 0.717) is 6.07 Å². The molecule has 1 aromatic carbocycles. The lowest BCUT2D eigenvalue weighted by molar-refractivity contribution is -0.0525. The summed E-state index contributed by atoms with van der Waals surface area (Å²) >= 11 is 0. The van der Waals surface area contributed by atoms with Crippen LogP contribution in [-0.4, -0.2) is 21.6 Å². The molecule has 0 saturated heterocycles. The summed E-state index contributed by atoms with van der Waals surface area (Å²) in [5.41, 5.74) is -0.804. The molecule has 0 atom stereocenters. The van der Waals surface area contributed by atoms with Gasteiger partial charge in [-0.25, -0.2) is 17.5 Å². The van der Waals surface area contributed by atoms with Gasteiger partial charge in [0.05, 0.1) is 0 Å². The third-order valence-corrected chi connectivity index (χ3v) is 3.60. The summed E-state index contributed by atoms with van der Waals surface area (Å²) in [4.78, 5) is -0.617. The van der Waals surface area contributed by atoms with Crippen LogP contribution in [0.4, 0.5) is 13.2 Å². The number of hydrogen-bond acceptors (Lipinski definition) is 4. The summed E-state index contributed by atoms with van der Waals surface area (Å²) in [6.45, 7) is -1.86. The van der Waals surface area contributed by atoms with E-state index < -0.39 is 38.7 Å². The molecule has 0 fully saturated rings. The highest BCUT2D eigenvalue weighted by Crippen LogP contribution is 2.29. The summed E-state index contributed by atoms with van der Waals surface area (Å²) in [6, 6.07) is 2.81. The highest BCUT2D eigenvalue weighted by molar-refractivity contribution is 7.89. The highest BCUT2D eigenvalue weighted by Gasteiger charge is 2.25. The van der Waals surface area contributed by atoms with Crippen LogP contribution in [0.25, 0.3) is 0 Å². The van der Waals surface area contributed by atoms with E-state index in [2.05, 4.69) is 9.46 Å². The van der Waals surface area contributed by atoms with E-state index in [0.717, 1.165) is 6.07 Å². The number of hydrogen-bond donors (Lipinski definition) is 1. The van der Waals surface area contributed by atoms with Gasteiger partial charge in [0, 0.05) is 6.54 Å². The van der Waals surface area contributed by atoms with E-state index >= 15 is 0 Å². The van der Waals surface area contributed by atoms with Gasteiger partial charge in [-0.3, -0.25) is 0 Å². The Balaban J connectivity index is 3.49. The van der Waals surface area contributed by atoms with Gasteiger partial charge in [0.2, 0.25) is 10.0 Å². The van der Waals surface area contributed by atoms with E-state index in [1.165, 1.54) is 13.0 Å². The Labute approximate surface area is 107 Å². The Kier molecular flexibility index (Phi) is 4.74. The van der Waals surface area contributed by atoms with E-state index in [4.69, 9.17) is 5.26 Å². The van der Waals surface area contributed by atoms with Crippen LogP contribution in [0.2, 0.25) is 0 Å². The van der Waals surface area contributed by atoms with Crippen LogP contribution in [0.15, 0.2) is 17.0 Å². The molecule has 19 heavy (non-hydrogen) atoms. The fraction of sp³-hybridized carbons (Fsp3) is 0.300. The van der Waals surface area contributed by atoms with Crippen molar-refractivity contribution in [1.82, 2.24) is 4.72 Å². The van der Waals surface area contributed by atoms with E-state index in [9.17, 15) is 21.6 Å². The van der Waals surface area contributed by atoms with Crippen molar-refractivity contribution in [2.75, 3.05) is 6.54 Å². The molecule has 0 bridgehead atoms. The van der Waals surface area contributed by atoms with Crippen molar-refractivity contribution >= 4 is 10.0 Å². The molecular formula is C10H9F3N2O3S. The smallest absolute Gasteiger partial charge is 0.387 e. The molecule has 0 radical (unpaired) electrons. The predicted molar refractivity (Wildman–Crippen MR) is 58.6 cm³/mol. The molecule has 1 N–H and O–H groups in total. The van der Waals surface area contributed by atoms with Crippen LogP contribution >= 0.6 is 0 Å². The molecule has 0 unspecified atom stereocenters. The SMILES string of the molecule is CCNS(=O)(=O)c1ccc(F)c(OC(F)F)c1C#N. The molecule has 1 aromatic rings. The Morgan fingerprint density at radius 3 is 2.58 bits per heavy atom. The molecule has 0 aliphatic rings. The zero-order valence-electron chi connectivity index (χ0n) is 9.65. The minimum atomic E-state index is -4.09. The molecular weight excluding hydrogens is 285 g/mol. The maximum absolute atomic E-state index is 13.3. The molecule has 0 aromatic heterocycles. The molecule has 0 saturated carbocycles. The summed E-state index contributed by atoms with van der Waals surface area (Å²) in [6.07, 6.45) is 0. The number of nitriles is 1. The van der Waals surface area contributed by atoms with Crippen LogP contribution < -0.4 is 9.46 Å². The predicted octanol–water partition coefficient (Wildman–Crippen LogP) is 1.60. The van der Waals surface area contributed by atoms with Gasteiger partial charge in [-0.15, -0.1) is 0 Å². The van der Waals surface area contributed by atoms with Gasteiger partial charge in [0.15, 0.2) is 11.6 Å². The Bertz CT molecular complexity index is 611. The Morgan fingerprint density at radius 1 is 1.47 bits per heavy atom. The number of nitrogens with zero attached hydrogens (tertiary/aromatic N) is 1. The first-order valence-corrected chi connectivity index (χ1v) is 6.48. The number of benzene rings is 1. The van der Waals surface area contributed by atoms with Gasteiger partial charge in [-0.2, -0.15) is 14.0 Å². The Hall–Kier alpha value is -1.79. The number of halogens is 3. The van der Waals surface area contributed by atoms with Crippen molar-refractivity contribution in [1.29, 1.82) is 5.26 Å². The topological polar surface area (TPSA) is 79.2 Å². The maximum Gasteiger partial charge on any atom is 0.387 e. The third-order valence-electron chi connectivity index (χ3n) is 2.01. The van der Waals surface area contributed by atoms with E-state index in [-0.39, 0.29) is 6.54 Å². The van der Waals surface area contributed by atoms with E-state index in [1.54, 1.807) is 0 Å². The first kappa shape index (κ1) is 15.3. The second-order valence-electron chi connectivity index (χ2n) is 3.24. The molecule has 5 nitrogen and oxygen atoms in total. The second kappa shape index (κ2) is 5.90. The van der Waals surface area contributed by atoms with Gasteiger partial charge in [-0.05, 0) is 12.1 Å². The normalized spacial score (nSPS) is 11.4. The molecule has 1 rings (SSSR count). The number of nitrogens with one attached hydrogen (secondary N) is 1. The van der Waals surface area contributed by atoms with Crippen molar-refractivity contribution in [2.24, 2.45) is 0 Å². The van der Waals surface area contributed by atoms with Crippen LogP contribution in [0, 0.1) is 17.1 Å². The minimum Gasteiger partial charge on any atom is -0.430 e. The minimum absolute atomic E-state index is 0.0234. The standard InChI is InChI=1S/C10H9F3N2O3S/c1-2-15-19(16,17)8-4-3-7(11)9(6(8)5-14)18-10(12)13/h3-4,10,15H,2H2,1H3. The fourth-order valence-electron chi connectivity index (χ4n) is 1.34. The van der Waals surface area contributed by atoms with Crippen LogP contribution in [0.3, 0.4) is 0 Å². The average Bonchev–Trinajstić information content (AvgIpc) is 2.30. The van der Waals surface area contributed by atoms with Crippen molar-refractivity contribution in [3.05, 3.63) is 23.5 Å². The fourth-order valence-corrected chi connectivity index (χ4v) is 2.53. The zero-order valence-corrected chi connectivity index (χ0v) is 10.5. The molecule has 0 aliphatic heterocycles. The van der Waals surface area contributed by atoms with E-state index in [1.807, 2.05) is 0 Å². The van der Waals surface area contributed by atoms with Crippen molar-refractivity contribution in [2.45, 2.75) is 18.4 Å². The lowest BCUT2D eigenvalue weighted by Crippen LogP contribution is -2.24. The number of ether oxygens (including phenoxy) is 1. The van der Waals surface area contributed by atoms with Crippen molar-refractivity contribution in [3.8, 4) is 11.8 Å². The van der Waals surface area contributed by atoms with Crippen LogP contribution in [0.1, 0.15) is 12.5 Å². The molecule has 0 aliphatic carbocycles. The van der Waals surface area contributed by atoms with Gasteiger partial charge in [0.25, 0.3) is 0 Å². The average molecular weight is 294 g/mol. The van der Waals surface area contributed by atoms with Gasteiger partial charge in [0.1, 0.15) is 16.5 Å². The number of sulfonamides is 1. The lowest BCUT2D eigenvalue weighted by atomic mass is 10.2. The first-order valence-electron chi connectivity index (χ1n) is 5.00. The van der Waals surface area contributed by atoms with Gasteiger partial charge in [-0.1, -0.05) is 6.92 Å². The molecule has 0 spiro atoms. The first-order chi connectivity index (χ1) is 8.83. The summed E-state index contributed by atoms with van der Waals surface area (Å²) in [5.74, 6) is -2.33. The largest absolute Gasteiger partial charge is 0.430 e. The quantitative estimate of drug-likeness (QED) is 0.894. The maximum atomic E-state index is 13.3. The van der Waals surface area contributed by atoms with Crippen molar-refractivity contribution < 1.29 is 26.3 Å². The third kappa shape index (κ3) is 3.36. The van der Waals surface area contributed by atoms with Gasteiger partial charge >= 0.3 is 6.61 Å². The molecule has 9 heteroatoms. The van der Waals surface area contributed by atoms with Crippen LogP contribution in [0.5, 0.6) is 5.75 Å². The number of alkyl halides is 2. The lowest BCUT2D eigenvalue weighted by Gasteiger charge is -2.11. The summed E-state index contributed by atoms with van der Waals surface area (Å²) in [7, 11) is -4.09. The number of rotatable bonds is 5. The zero-order chi connectivity index (χ0) is 14.6. The second-order valence-corrected chi connectivity index (χ2v) is 4.98. The monoisotopic (exact) mass is 294 g/mol. The van der Waals surface area contributed by atoms with Crippen LogP contribution in [-0.2, 0) is 10.0 Å². The highest BCUT2D eigenvalue weighted by atomic mass is 32.2. The summed E-state index contributed by atoms with van der Waals surface area (Å²) < 4.78 is 67.0. The van der Waals surface area contributed by atoms with Crippen molar-refractivity contribution in [3.63, 3.8) is 0 Å². The molecule has 0 amide bonds. The molecule has 0 heterocycles. The Morgan fingerprint density at radius 2 is 2.11 bits per heavy atom. The van der Waals surface area contributed by atoms with Gasteiger partial charge < -0.3 is 4.74 Å². The summed E-state index contributed by atoms with van der Waals surface area (Å²) in [5, 5.41) is 8.83. The molecule has 104 valence electrons.